The topological polar surface area (TPSA) is 12.0 Å². The van der Waals surface area contributed by atoms with E-state index in [-0.39, 0.29) is 0 Å². The van der Waals surface area contributed by atoms with E-state index in [1.165, 1.54) is 12.1 Å². The lowest BCUT2D eigenvalue weighted by atomic mass is 9.99. The molecule has 0 aliphatic carbocycles. The lowest BCUT2D eigenvalue weighted by molar-refractivity contribution is -0.137. The standard InChI is InChI=1S/C22H22F3N/c1-16(20-13-5-10-18-9-2-3-12-21(18)20)26-14-6-8-17-7-4-11-19(15-17)22(23,24)25/h2-5,7,9-13,15-16,26H,6,8,14H2,1H3/t16-/m1/s1/i16D. The van der Waals surface area contributed by atoms with Crippen molar-refractivity contribution in [3.8, 4) is 0 Å². The summed E-state index contributed by atoms with van der Waals surface area (Å²) in [5.74, 6) is 0. The van der Waals surface area contributed by atoms with Gasteiger partial charge in [-0.15, -0.1) is 0 Å². The number of fused-ring (bicyclic) bond motifs is 1. The highest BCUT2D eigenvalue weighted by Gasteiger charge is 2.30. The summed E-state index contributed by atoms with van der Waals surface area (Å²) in [6, 6.07) is 18.3. The molecule has 0 heterocycles. The average molecular weight is 358 g/mol. The predicted octanol–water partition coefficient (Wildman–Crippen LogP) is 6.14. The predicted molar refractivity (Wildman–Crippen MR) is 100 cm³/mol. The highest BCUT2D eigenvalue weighted by atomic mass is 19.4. The van der Waals surface area contributed by atoms with Crippen molar-refractivity contribution in [2.24, 2.45) is 0 Å². The molecule has 0 aromatic heterocycles. The minimum Gasteiger partial charge on any atom is -0.310 e. The summed E-state index contributed by atoms with van der Waals surface area (Å²) in [5.41, 5.74) is 0.928. The number of benzene rings is 3. The molecule has 0 saturated carbocycles. The third-order valence-electron chi connectivity index (χ3n) is 4.48. The van der Waals surface area contributed by atoms with Gasteiger partial charge in [0, 0.05) is 6.02 Å². The summed E-state index contributed by atoms with van der Waals surface area (Å²) in [5, 5.41) is 5.34. The molecule has 3 aromatic rings. The first-order valence-corrected chi connectivity index (χ1v) is 8.67. The number of alkyl halides is 3. The maximum atomic E-state index is 12.8. The molecule has 0 bridgehead atoms. The fraction of sp³-hybridized carbons (Fsp3) is 0.273. The Morgan fingerprint density at radius 1 is 1.00 bits per heavy atom. The van der Waals surface area contributed by atoms with Gasteiger partial charge in [0.15, 0.2) is 0 Å². The normalized spacial score (nSPS) is 14.8. The first-order valence-electron chi connectivity index (χ1n) is 9.17. The van der Waals surface area contributed by atoms with Crippen LogP contribution in [0.25, 0.3) is 10.8 Å². The molecule has 4 heteroatoms. The smallest absolute Gasteiger partial charge is 0.310 e. The molecule has 26 heavy (non-hydrogen) atoms. The van der Waals surface area contributed by atoms with Crippen LogP contribution >= 0.6 is 0 Å². The van der Waals surface area contributed by atoms with Gasteiger partial charge in [-0.2, -0.15) is 13.2 Å². The second kappa shape index (κ2) is 7.92. The maximum absolute atomic E-state index is 12.8. The van der Waals surface area contributed by atoms with Crippen LogP contribution in [0.1, 0.15) is 37.4 Å². The van der Waals surface area contributed by atoms with Crippen molar-refractivity contribution in [3.63, 3.8) is 0 Å². The molecule has 1 N–H and O–H groups in total. The van der Waals surface area contributed by atoms with Crippen molar-refractivity contribution < 1.29 is 14.5 Å². The molecule has 0 aliphatic heterocycles. The Balaban J connectivity index is 1.63. The van der Waals surface area contributed by atoms with E-state index in [0.717, 1.165) is 22.4 Å². The number of rotatable bonds is 6. The largest absolute Gasteiger partial charge is 0.416 e. The van der Waals surface area contributed by atoms with Gasteiger partial charge in [0.2, 0.25) is 0 Å². The van der Waals surface area contributed by atoms with Gasteiger partial charge >= 0.3 is 6.18 Å². The van der Waals surface area contributed by atoms with Crippen molar-refractivity contribution in [2.45, 2.75) is 32.0 Å². The molecular weight excluding hydrogens is 335 g/mol. The van der Waals surface area contributed by atoms with E-state index >= 15 is 0 Å². The SMILES string of the molecule is [2H][C@](C)(NCCCc1cccc(C(F)(F)F)c1)c1cccc2ccccc12. The molecule has 0 fully saturated rings. The molecule has 0 amide bonds. The molecule has 3 rings (SSSR count). The van der Waals surface area contributed by atoms with Crippen LogP contribution in [-0.2, 0) is 12.6 Å². The third-order valence-corrected chi connectivity index (χ3v) is 4.48. The van der Waals surface area contributed by atoms with Crippen LogP contribution in [0.5, 0.6) is 0 Å². The zero-order valence-electron chi connectivity index (χ0n) is 15.6. The summed E-state index contributed by atoms with van der Waals surface area (Å²) in [7, 11) is 0. The zero-order valence-corrected chi connectivity index (χ0v) is 14.6. The van der Waals surface area contributed by atoms with Crippen LogP contribution in [-0.4, -0.2) is 6.54 Å². The summed E-state index contributed by atoms with van der Waals surface area (Å²) < 4.78 is 47.1. The fourth-order valence-electron chi connectivity index (χ4n) is 3.12. The molecule has 0 aliphatic rings. The first kappa shape index (κ1) is 17.1. The van der Waals surface area contributed by atoms with E-state index < -0.39 is 17.8 Å². The van der Waals surface area contributed by atoms with Crippen LogP contribution in [0.2, 0.25) is 0 Å². The number of nitrogens with one attached hydrogen (secondary N) is 1. The van der Waals surface area contributed by atoms with E-state index in [4.69, 9.17) is 1.37 Å². The Morgan fingerprint density at radius 2 is 1.73 bits per heavy atom. The summed E-state index contributed by atoms with van der Waals surface area (Å²) >= 11 is 0. The summed E-state index contributed by atoms with van der Waals surface area (Å²) in [6.45, 7) is 2.35. The molecule has 0 unspecified atom stereocenters. The molecule has 0 saturated heterocycles. The van der Waals surface area contributed by atoms with Crippen LogP contribution in [0.15, 0.2) is 66.7 Å². The van der Waals surface area contributed by atoms with E-state index in [2.05, 4.69) is 5.32 Å². The van der Waals surface area contributed by atoms with Crippen LogP contribution < -0.4 is 5.32 Å². The average Bonchev–Trinajstić information content (AvgIpc) is 2.64. The molecule has 0 spiro atoms. The van der Waals surface area contributed by atoms with Gasteiger partial charge in [-0.3, -0.25) is 0 Å². The lowest BCUT2D eigenvalue weighted by Crippen LogP contribution is -2.20. The van der Waals surface area contributed by atoms with Gasteiger partial charge in [-0.05, 0) is 54.3 Å². The Hall–Kier alpha value is -2.33. The number of aryl methyl sites for hydroxylation is 1. The van der Waals surface area contributed by atoms with Gasteiger partial charge in [-0.25, -0.2) is 0 Å². The quantitative estimate of drug-likeness (QED) is 0.522. The molecule has 0 radical (unpaired) electrons. The molecule has 3 aromatic carbocycles. The van der Waals surface area contributed by atoms with E-state index in [0.29, 0.717) is 24.9 Å². The summed E-state index contributed by atoms with van der Waals surface area (Å²) in [6.07, 6.45) is -3.13. The minimum atomic E-state index is -4.32. The maximum Gasteiger partial charge on any atom is 0.416 e. The molecule has 1 nitrogen and oxygen atoms in total. The number of hydrogen-bond donors (Lipinski definition) is 1. The lowest BCUT2D eigenvalue weighted by Gasteiger charge is -2.17. The van der Waals surface area contributed by atoms with Gasteiger partial charge in [0.05, 0.1) is 6.93 Å². The summed E-state index contributed by atoms with van der Waals surface area (Å²) in [4.78, 5) is 0. The Labute approximate surface area is 153 Å². The monoisotopic (exact) mass is 358 g/mol. The van der Waals surface area contributed by atoms with E-state index in [1.54, 1.807) is 13.0 Å². The van der Waals surface area contributed by atoms with Crippen molar-refractivity contribution in [1.29, 1.82) is 0 Å². The number of hydrogen-bond acceptors (Lipinski definition) is 1. The van der Waals surface area contributed by atoms with Gasteiger partial charge in [-0.1, -0.05) is 60.7 Å². The second-order valence-electron chi connectivity index (χ2n) is 6.38. The molecule has 136 valence electrons. The van der Waals surface area contributed by atoms with E-state index in [9.17, 15) is 13.2 Å². The molecular formula is C22H22F3N. The van der Waals surface area contributed by atoms with Crippen molar-refractivity contribution in [1.82, 2.24) is 5.32 Å². The van der Waals surface area contributed by atoms with Crippen LogP contribution in [0, 0.1) is 0 Å². The van der Waals surface area contributed by atoms with Crippen molar-refractivity contribution in [3.05, 3.63) is 83.4 Å². The fourth-order valence-corrected chi connectivity index (χ4v) is 3.12. The van der Waals surface area contributed by atoms with Gasteiger partial charge in [0.1, 0.15) is 0 Å². The highest BCUT2D eigenvalue weighted by Crippen LogP contribution is 2.29. The Kier molecular flexibility index (Phi) is 5.21. The van der Waals surface area contributed by atoms with Crippen molar-refractivity contribution in [2.75, 3.05) is 6.54 Å². The minimum absolute atomic E-state index is 0.530. The number of halogens is 3. The first-order chi connectivity index (χ1) is 12.8. The van der Waals surface area contributed by atoms with E-state index in [1.807, 2.05) is 42.5 Å². The zero-order chi connectivity index (χ0) is 19.5. The van der Waals surface area contributed by atoms with Crippen LogP contribution in [0.3, 0.4) is 0 Å². The van der Waals surface area contributed by atoms with Gasteiger partial charge in [0.25, 0.3) is 0 Å². The third kappa shape index (κ3) is 4.44. The second-order valence-corrected chi connectivity index (χ2v) is 6.38. The van der Waals surface area contributed by atoms with Crippen LogP contribution in [0.4, 0.5) is 13.2 Å². The van der Waals surface area contributed by atoms with Crippen molar-refractivity contribution >= 4 is 10.8 Å². The molecule has 1 atom stereocenters. The van der Waals surface area contributed by atoms with Gasteiger partial charge < -0.3 is 5.32 Å². The highest BCUT2D eigenvalue weighted by molar-refractivity contribution is 5.86. The Morgan fingerprint density at radius 3 is 2.54 bits per heavy atom. The Bertz CT molecular complexity index is 913.